The molecule has 0 atom stereocenters. The van der Waals surface area contributed by atoms with E-state index in [1.54, 1.807) is 24.3 Å². The topological polar surface area (TPSA) is 142 Å². The fraction of sp³-hybridized carbons (Fsp3) is 0.111. The summed E-state index contributed by atoms with van der Waals surface area (Å²) in [6.07, 6.45) is 2.34. The summed E-state index contributed by atoms with van der Waals surface area (Å²) in [5, 5.41) is 22.7. The van der Waals surface area contributed by atoms with Crippen molar-refractivity contribution in [3.63, 3.8) is 0 Å². The Morgan fingerprint density at radius 1 is 0.838 bits per heavy atom. The van der Waals surface area contributed by atoms with E-state index < -0.39 is 29.3 Å². The summed E-state index contributed by atoms with van der Waals surface area (Å²) in [6, 6.07) is 13.5. The number of rotatable bonds is 4. The van der Waals surface area contributed by atoms with E-state index in [9.17, 15) is 29.4 Å². The van der Waals surface area contributed by atoms with Gasteiger partial charge in [0.2, 0.25) is 0 Å². The first-order valence-electron chi connectivity index (χ1n) is 11.3. The maximum atomic E-state index is 13.1. The summed E-state index contributed by atoms with van der Waals surface area (Å²) < 4.78 is 11.9. The number of nitrogens with zero attached hydrogens (tertiary/aromatic N) is 1. The number of fused-ring (bicyclic) bond motifs is 6. The Hall–Kier alpha value is -5.12. The second kappa shape index (κ2) is 7.95. The van der Waals surface area contributed by atoms with E-state index in [4.69, 9.17) is 9.47 Å². The average molecular weight is 498 g/mol. The van der Waals surface area contributed by atoms with E-state index in [2.05, 4.69) is 5.32 Å². The SMILES string of the molecule is O=C(NCCN1C(=O)C=CC1=O)c1ccc2c(c1)C(=O)OC21c2ccc(O)cc2Oc2cc(O)ccc21. The van der Waals surface area contributed by atoms with Crippen molar-refractivity contribution in [2.24, 2.45) is 0 Å². The predicted molar refractivity (Wildman–Crippen MR) is 126 cm³/mol. The van der Waals surface area contributed by atoms with Crippen molar-refractivity contribution in [2.45, 2.75) is 5.60 Å². The van der Waals surface area contributed by atoms with E-state index in [-0.39, 0.29) is 47.2 Å². The number of ether oxygens (including phenoxy) is 2. The minimum atomic E-state index is -1.42. The molecule has 0 bridgehead atoms. The first kappa shape index (κ1) is 22.4. The highest BCUT2D eigenvalue weighted by atomic mass is 16.6. The molecule has 3 amide bonds. The van der Waals surface area contributed by atoms with Crippen LogP contribution in [0.2, 0.25) is 0 Å². The number of amides is 3. The number of carbonyl (C=O) groups excluding carboxylic acids is 4. The maximum absolute atomic E-state index is 13.1. The minimum Gasteiger partial charge on any atom is -0.508 e. The number of hydrogen-bond acceptors (Lipinski definition) is 8. The molecule has 3 aliphatic heterocycles. The zero-order chi connectivity index (χ0) is 25.9. The Bertz CT molecular complexity index is 1510. The molecule has 6 rings (SSSR count). The van der Waals surface area contributed by atoms with Crippen molar-refractivity contribution in [3.8, 4) is 23.0 Å². The van der Waals surface area contributed by atoms with Crippen LogP contribution < -0.4 is 10.1 Å². The van der Waals surface area contributed by atoms with Crippen LogP contribution in [0.1, 0.15) is 37.4 Å². The lowest BCUT2D eigenvalue weighted by Crippen LogP contribution is -2.38. The molecule has 3 aromatic rings. The van der Waals surface area contributed by atoms with E-state index in [0.29, 0.717) is 16.7 Å². The molecule has 3 aliphatic rings. The molecule has 3 N–H and O–H groups in total. The standard InChI is InChI=1S/C27H18N2O8/c30-15-2-5-19-21(12-15)36-22-13-16(31)3-6-20(22)27(19)18-4-1-14(11-17(18)26(35)37-27)25(34)28-9-10-29-23(32)7-8-24(29)33/h1-8,11-13,30-31H,9-10H2,(H,28,34). The van der Waals surface area contributed by atoms with E-state index >= 15 is 0 Å². The first-order valence-corrected chi connectivity index (χ1v) is 11.3. The van der Waals surface area contributed by atoms with Gasteiger partial charge in [0.05, 0.1) is 5.56 Å². The third-order valence-corrected chi connectivity index (χ3v) is 6.56. The molecular formula is C27H18N2O8. The van der Waals surface area contributed by atoms with Gasteiger partial charge in [-0.1, -0.05) is 6.07 Å². The first-order chi connectivity index (χ1) is 17.8. The highest BCUT2D eigenvalue weighted by molar-refractivity contribution is 6.13. The maximum Gasteiger partial charge on any atom is 0.340 e. The summed E-state index contributed by atoms with van der Waals surface area (Å²) in [6.45, 7) is 0.0499. The molecule has 10 heteroatoms. The van der Waals surface area contributed by atoms with E-state index in [1.165, 1.54) is 42.5 Å². The van der Waals surface area contributed by atoms with Crippen LogP contribution in [0.5, 0.6) is 23.0 Å². The predicted octanol–water partition coefficient (Wildman–Crippen LogP) is 2.32. The number of hydrogen-bond donors (Lipinski definition) is 3. The lowest BCUT2D eigenvalue weighted by atomic mass is 9.77. The van der Waals surface area contributed by atoms with E-state index in [0.717, 1.165) is 4.90 Å². The van der Waals surface area contributed by atoms with Gasteiger partial charge in [-0.15, -0.1) is 0 Å². The lowest BCUT2D eigenvalue weighted by Gasteiger charge is -2.36. The van der Waals surface area contributed by atoms with Gasteiger partial charge in [0.1, 0.15) is 23.0 Å². The number of carbonyl (C=O) groups is 4. The number of imide groups is 1. The van der Waals surface area contributed by atoms with Crippen molar-refractivity contribution in [3.05, 3.63) is 94.6 Å². The van der Waals surface area contributed by atoms with Crippen molar-refractivity contribution in [1.82, 2.24) is 10.2 Å². The molecule has 0 unspecified atom stereocenters. The van der Waals surface area contributed by atoms with Gasteiger partial charge in [0, 0.05) is 59.6 Å². The van der Waals surface area contributed by atoms with Crippen LogP contribution in [0, 0.1) is 0 Å². The zero-order valence-electron chi connectivity index (χ0n) is 19.1. The van der Waals surface area contributed by atoms with Crippen molar-refractivity contribution in [1.29, 1.82) is 0 Å². The van der Waals surface area contributed by atoms with Crippen LogP contribution in [0.3, 0.4) is 0 Å². The quantitative estimate of drug-likeness (QED) is 0.368. The van der Waals surface area contributed by atoms with Crippen LogP contribution in [0.4, 0.5) is 0 Å². The van der Waals surface area contributed by atoms with Crippen LogP contribution in [-0.4, -0.2) is 51.9 Å². The lowest BCUT2D eigenvalue weighted by molar-refractivity contribution is -0.136. The molecule has 0 radical (unpaired) electrons. The Kier molecular flexibility index (Phi) is 4.80. The zero-order valence-corrected chi connectivity index (χ0v) is 19.1. The fourth-order valence-corrected chi connectivity index (χ4v) is 4.88. The van der Waals surface area contributed by atoms with Gasteiger partial charge < -0.3 is 25.0 Å². The average Bonchev–Trinajstić information content (AvgIpc) is 3.34. The molecule has 0 aliphatic carbocycles. The fourth-order valence-electron chi connectivity index (χ4n) is 4.88. The van der Waals surface area contributed by atoms with Gasteiger partial charge in [0.15, 0.2) is 5.60 Å². The Morgan fingerprint density at radius 3 is 2.05 bits per heavy atom. The van der Waals surface area contributed by atoms with Crippen LogP contribution >= 0.6 is 0 Å². The van der Waals surface area contributed by atoms with E-state index in [1.807, 2.05) is 0 Å². The van der Waals surface area contributed by atoms with Gasteiger partial charge in [-0.25, -0.2) is 4.79 Å². The van der Waals surface area contributed by atoms with Gasteiger partial charge in [-0.3, -0.25) is 19.3 Å². The van der Waals surface area contributed by atoms with Gasteiger partial charge in [-0.05, 0) is 36.4 Å². The second-order valence-electron chi connectivity index (χ2n) is 8.71. The monoisotopic (exact) mass is 498 g/mol. The summed E-state index contributed by atoms with van der Waals surface area (Å²) >= 11 is 0. The molecule has 0 saturated carbocycles. The van der Waals surface area contributed by atoms with Crippen LogP contribution in [0.25, 0.3) is 0 Å². The summed E-state index contributed by atoms with van der Waals surface area (Å²) in [4.78, 5) is 50.3. The Morgan fingerprint density at radius 2 is 1.43 bits per heavy atom. The van der Waals surface area contributed by atoms with Gasteiger partial charge >= 0.3 is 5.97 Å². The van der Waals surface area contributed by atoms with Crippen molar-refractivity contribution >= 4 is 23.7 Å². The molecule has 3 aromatic carbocycles. The number of phenolic OH excluding ortho intramolecular Hbond substituents is 2. The molecule has 1 spiro atoms. The number of benzene rings is 3. The molecule has 0 saturated heterocycles. The second-order valence-corrected chi connectivity index (χ2v) is 8.71. The highest BCUT2D eigenvalue weighted by Crippen LogP contribution is 2.57. The number of phenols is 2. The van der Waals surface area contributed by atoms with Gasteiger partial charge in [-0.2, -0.15) is 0 Å². The molecule has 10 nitrogen and oxygen atoms in total. The Labute approximate surface area is 209 Å². The third kappa shape index (κ3) is 3.33. The smallest absolute Gasteiger partial charge is 0.340 e. The molecule has 3 heterocycles. The van der Waals surface area contributed by atoms with Crippen molar-refractivity contribution < 1.29 is 38.9 Å². The number of aromatic hydroxyl groups is 2. The third-order valence-electron chi connectivity index (χ3n) is 6.56. The number of nitrogens with one attached hydrogen (secondary N) is 1. The largest absolute Gasteiger partial charge is 0.508 e. The minimum absolute atomic E-state index is 0.0136. The summed E-state index contributed by atoms with van der Waals surface area (Å²) in [5.74, 6) is -1.64. The van der Waals surface area contributed by atoms with Crippen LogP contribution in [-0.2, 0) is 19.9 Å². The van der Waals surface area contributed by atoms with Crippen LogP contribution in [0.15, 0.2) is 66.7 Å². The molecular weight excluding hydrogens is 480 g/mol. The normalized spacial score (nSPS) is 16.2. The molecule has 0 aromatic heterocycles. The van der Waals surface area contributed by atoms with Crippen molar-refractivity contribution in [2.75, 3.05) is 13.1 Å². The molecule has 184 valence electrons. The summed E-state index contributed by atoms with van der Waals surface area (Å²) in [5.41, 5.74) is 0.351. The van der Waals surface area contributed by atoms with Gasteiger partial charge in [0.25, 0.3) is 17.7 Å². The summed E-state index contributed by atoms with van der Waals surface area (Å²) in [7, 11) is 0. The highest BCUT2D eigenvalue weighted by Gasteiger charge is 2.53. The molecule has 0 fully saturated rings. The molecule has 37 heavy (non-hydrogen) atoms. The number of esters is 1. The Balaban J connectivity index is 1.35.